The molecule has 3 nitrogen and oxygen atoms in total. The molecule has 1 aliphatic rings. The van der Waals surface area contributed by atoms with Crippen LogP contribution in [0.3, 0.4) is 0 Å². The second-order valence-corrected chi connectivity index (χ2v) is 3.22. The average molecular weight is 156 g/mol. The van der Waals surface area contributed by atoms with Crippen LogP contribution in [-0.4, -0.2) is 25.5 Å². The lowest BCUT2D eigenvalue weighted by atomic mass is 9.76. The molecule has 1 fully saturated rings. The molecule has 0 unspecified atom stereocenters. The summed E-state index contributed by atoms with van der Waals surface area (Å²) in [5.41, 5.74) is 6.31. The van der Waals surface area contributed by atoms with E-state index in [1.54, 1.807) is 0 Å². The van der Waals surface area contributed by atoms with E-state index in [0.29, 0.717) is 12.3 Å². The molecule has 1 aliphatic heterocycles. The van der Waals surface area contributed by atoms with Gasteiger partial charge in [-0.2, -0.15) is 0 Å². The molecule has 1 rings (SSSR count). The van der Waals surface area contributed by atoms with Crippen molar-refractivity contribution in [3.05, 3.63) is 0 Å². The Balaban J connectivity index is 2.64. The van der Waals surface area contributed by atoms with Crippen LogP contribution in [0.1, 0.15) is 19.8 Å². The van der Waals surface area contributed by atoms with Crippen LogP contribution in [-0.2, 0) is 4.74 Å². The molecule has 0 radical (unpaired) electrons. The fourth-order valence-electron chi connectivity index (χ4n) is 1.49. The first-order chi connectivity index (χ1) is 5.21. The highest BCUT2D eigenvalue weighted by atomic mass is 16.5. The summed E-state index contributed by atoms with van der Waals surface area (Å²) in [6.45, 7) is 3.95. The smallest absolute Gasteiger partial charge is 0.0475 e. The van der Waals surface area contributed by atoms with Crippen molar-refractivity contribution in [3.63, 3.8) is 0 Å². The second-order valence-electron chi connectivity index (χ2n) is 3.22. The van der Waals surface area contributed by atoms with Gasteiger partial charge in [0.25, 0.3) is 0 Å². The Labute approximate surface area is 67.4 Å². The number of rotatable bonds is 2. The molecule has 0 aromatic heterocycles. The molecular weight excluding hydrogens is 140 g/mol. The van der Waals surface area contributed by atoms with Gasteiger partial charge in [-0.1, -0.05) is 0 Å². The van der Waals surface area contributed by atoms with E-state index < -0.39 is 0 Å². The standard InChI is InChI=1S/C8H16N2O/c1-7(10)8(6-9)2-4-11-5-3-8/h10H,2-6,9H2,1H3. The summed E-state index contributed by atoms with van der Waals surface area (Å²) >= 11 is 0. The van der Waals surface area contributed by atoms with Crippen LogP contribution in [0.15, 0.2) is 0 Å². The molecule has 1 saturated heterocycles. The minimum Gasteiger partial charge on any atom is -0.381 e. The van der Waals surface area contributed by atoms with Crippen molar-refractivity contribution in [2.24, 2.45) is 11.1 Å². The Kier molecular flexibility index (Phi) is 2.62. The van der Waals surface area contributed by atoms with Crippen LogP contribution in [0.2, 0.25) is 0 Å². The van der Waals surface area contributed by atoms with E-state index in [4.69, 9.17) is 15.9 Å². The van der Waals surface area contributed by atoms with E-state index in [1.165, 1.54) is 0 Å². The van der Waals surface area contributed by atoms with Crippen LogP contribution in [0.4, 0.5) is 0 Å². The lowest BCUT2D eigenvalue weighted by Crippen LogP contribution is -2.41. The quantitative estimate of drug-likeness (QED) is 0.580. The summed E-state index contributed by atoms with van der Waals surface area (Å²) in [5, 5.41) is 7.60. The molecule has 0 atom stereocenters. The maximum Gasteiger partial charge on any atom is 0.0475 e. The average Bonchev–Trinajstić information content (AvgIpc) is 2.05. The van der Waals surface area contributed by atoms with Crippen LogP contribution in [0.5, 0.6) is 0 Å². The van der Waals surface area contributed by atoms with Crippen LogP contribution >= 0.6 is 0 Å². The first kappa shape index (κ1) is 8.68. The van der Waals surface area contributed by atoms with Gasteiger partial charge in [0, 0.05) is 30.9 Å². The molecule has 0 aromatic carbocycles. The van der Waals surface area contributed by atoms with Gasteiger partial charge in [0.15, 0.2) is 0 Å². The van der Waals surface area contributed by atoms with Crippen molar-refractivity contribution in [1.82, 2.24) is 0 Å². The lowest BCUT2D eigenvalue weighted by Gasteiger charge is -2.35. The second kappa shape index (κ2) is 3.32. The third-order valence-electron chi connectivity index (χ3n) is 2.64. The zero-order chi connectivity index (χ0) is 8.32. The van der Waals surface area contributed by atoms with Gasteiger partial charge in [-0.25, -0.2) is 0 Å². The van der Waals surface area contributed by atoms with Gasteiger partial charge in [-0.05, 0) is 19.8 Å². The number of ether oxygens (including phenoxy) is 1. The maximum absolute atomic E-state index is 7.60. The largest absolute Gasteiger partial charge is 0.381 e. The molecular formula is C8H16N2O. The van der Waals surface area contributed by atoms with Crippen LogP contribution in [0, 0.1) is 10.8 Å². The summed E-state index contributed by atoms with van der Waals surface area (Å²) in [6.07, 6.45) is 1.83. The van der Waals surface area contributed by atoms with E-state index in [9.17, 15) is 0 Å². The molecule has 0 saturated carbocycles. The summed E-state index contributed by atoms with van der Waals surface area (Å²) in [5.74, 6) is 0. The molecule has 1 heterocycles. The van der Waals surface area contributed by atoms with Crippen molar-refractivity contribution in [2.45, 2.75) is 19.8 Å². The Hall–Kier alpha value is -0.410. The molecule has 0 aromatic rings. The normalized spacial score (nSPS) is 23.1. The van der Waals surface area contributed by atoms with Crippen molar-refractivity contribution in [3.8, 4) is 0 Å². The molecule has 11 heavy (non-hydrogen) atoms. The predicted molar refractivity (Wildman–Crippen MR) is 44.9 cm³/mol. The Morgan fingerprint density at radius 1 is 1.55 bits per heavy atom. The van der Waals surface area contributed by atoms with Crippen molar-refractivity contribution in [2.75, 3.05) is 19.8 Å². The van der Waals surface area contributed by atoms with E-state index in [2.05, 4.69) is 0 Å². The van der Waals surface area contributed by atoms with Crippen molar-refractivity contribution < 1.29 is 4.74 Å². The van der Waals surface area contributed by atoms with E-state index in [1.807, 2.05) is 6.92 Å². The number of hydrogen-bond donors (Lipinski definition) is 2. The number of hydrogen-bond acceptors (Lipinski definition) is 3. The first-order valence-corrected chi connectivity index (χ1v) is 4.05. The SMILES string of the molecule is CC(=N)C1(CN)CCOCC1. The Bertz CT molecular complexity index is 150. The minimum atomic E-state index is -0.0434. The monoisotopic (exact) mass is 156 g/mol. The molecule has 64 valence electrons. The minimum absolute atomic E-state index is 0.0434. The fourth-order valence-corrected chi connectivity index (χ4v) is 1.49. The van der Waals surface area contributed by atoms with Crippen LogP contribution in [0.25, 0.3) is 0 Å². The molecule has 0 bridgehead atoms. The molecule has 0 aliphatic carbocycles. The van der Waals surface area contributed by atoms with Crippen LogP contribution < -0.4 is 5.73 Å². The third-order valence-corrected chi connectivity index (χ3v) is 2.64. The van der Waals surface area contributed by atoms with Gasteiger partial charge in [0.1, 0.15) is 0 Å². The highest BCUT2D eigenvalue weighted by molar-refractivity contribution is 5.85. The lowest BCUT2D eigenvalue weighted by molar-refractivity contribution is 0.0482. The number of nitrogens with one attached hydrogen (secondary N) is 1. The zero-order valence-electron chi connectivity index (χ0n) is 7.02. The van der Waals surface area contributed by atoms with Crippen molar-refractivity contribution in [1.29, 1.82) is 5.41 Å². The van der Waals surface area contributed by atoms with Gasteiger partial charge in [-0.3, -0.25) is 0 Å². The van der Waals surface area contributed by atoms with E-state index in [0.717, 1.165) is 26.1 Å². The summed E-state index contributed by atoms with van der Waals surface area (Å²) in [4.78, 5) is 0. The highest BCUT2D eigenvalue weighted by Crippen LogP contribution is 2.30. The van der Waals surface area contributed by atoms with E-state index in [-0.39, 0.29) is 5.41 Å². The first-order valence-electron chi connectivity index (χ1n) is 4.05. The Morgan fingerprint density at radius 2 is 2.09 bits per heavy atom. The van der Waals surface area contributed by atoms with Gasteiger partial charge < -0.3 is 15.9 Å². The zero-order valence-corrected chi connectivity index (χ0v) is 7.02. The maximum atomic E-state index is 7.60. The Morgan fingerprint density at radius 3 is 2.36 bits per heavy atom. The molecule has 0 spiro atoms. The topological polar surface area (TPSA) is 59.1 Å². The molecule has 3 heteroatoms. The van der Waals surface area contributed by atoms with Crippen molar-refractivity contribution >= 4 is 5.71 Å². The summed E-state index contributed by atoms with van der Waals surface area (Å²) in [6, 6.07) is 0. The van der Waals surface area contributed by atoms with Gasteiger partial charge in [0.05, 0.1) is 0 Å². The predicted octanol–water partition coefficient (Wildman–Crippen LogP) is 0.782. The van der Waals surface area contributed by atoms with E-state index >= 15 is 0 Å². The highest BCUT2D eigenvalue weighted by Gasteiger charge is 2.32. The molecule has 3 N–H and O–H groups in total. The number of nitrogens with two attached hydrogens (primary N) is 1. The molecule has 0 amide bonds. The van der Waals surface area contributed by atoms with Gasteiger partial charge in [-0.15, -0.1) is 0 Å². The third kappa shape index (κ3) is 1.60. The van der Waals surface area contributed by atoms with Gasteiger partial charge >= 0.3 is 0 Å². The summed E-state index contributed by atoms with van der Waals surface area (Å²) in [7, 11) is 0. The summed E-state index contributed by atoms with van der Waals surface area (Å²) < 4.78 is 5.22. The fraction of sp³-hybridized carbons (Fsp3) is 0.875. The van der Waals surface area contributed by atoms with Gasteiger partial charge in [0.2, 0.25) is 0 Å².